The van der Waals surface area contributed by atoms with E-state index in [9.17, 15) is 0 Å². The Labute approximate surface area is 130 Å². The molecular formula is C15H14Br2N2. The van der Waals surface area contributed by atoms with Crippen molar-refractivity contribution >= 4 is 43.8 Å². The van der Waals surface area contributed by atoms with Crippen molar-refractivity contribution in [1.82, 2.24) is 0 Å². The Morgan fingerprint density at radius 1 is 1.00 bits per heavy atom. The summed E-state index contributed by atoms with van der Waals surface area (Å²) in [6, 6.07) is 12.2. The molecule has 0 spiro atoms. The zero-order chi connectivity index (χ0) is 13.8. The third-order valence-corrected chi connectivity index (χ3v) is 3.94. The van der Waals surface area contributed by atoms with Crippen LogP contribution in [0.5, 0.6) is 0 Å². The van der Waals surface area contributed by atoms with Crippen LogP contribution in [0, 0.1) is 13.8 Å². The Bertz CT molecular complexity index is 598. The first-order valence-electron chi connectivity index (χ1n) is 5.87. The molecule has 0 atom stereocenters. The number of anilines is 1. The Balaban J connectivity index is 2.16. The second kappa shape index (κ2) is 6.35. The predicted molar refractivity (Wildman–Crippen MR) is 89.0 cm³/mol. The molecule has 0 aliphatic rings. The molecule has 0 fully saturated rings. The number of aryl methyl sites for hydroxylation is 2. The van der Waals surface area contributed by atoms with Crippen molar-refractivity contribution in [2.75, 3.05) is 5.43 Å². The fraction of sp³-hybridized carbons (Fsp3) is 0.133. The molecule has 0 heterocycles. The van der Waals surface area contributed by atoms with Gasteiger partial charge in [-0.3, -0.25) is 5.43 Å². The first-order chi connectivity index (χ1) is 9.06. The molecule has 1 N–H and O–H groups in total. The summed E-state index contributed by atoms with van der Waals surface area (Å²) in [6.45, 7) is 4.11. The second-order valence-corrected chi connectivity index (χ2v) is 6.09. The highest BCUT2D eigenvalue weighted by molar-refractivity contribution is 9.11. The number of hydrazone groups is 1. The Hall–Kier alpha value is -1.13. The number of rotatable bonds is 3. The van der Waals surface area contributed by atoms with Crippen molar-refractivity contribution in [3.05, 3.63) is 62.0 Å². The van der Waals surface area contributed by atoms with Gasteiger partial charge in [-0.15, -0.1) is 0 Å². The van der Waals surface area contributed by atoms with Crippen LogP contribution in [0.25, 0.3) is 0 Å². The molecule has 0 radical (unpaired) electrons. The van der Waals surface area contributed by atoms with E-state index in [1.807, 2.05) is 12.1 Å². The van der Waals surface area contributed by atoms with Gasteiger partial charge in [0.25, 0.3) is 0 Å². The third-order valence-electron chi connectivity index (χ3n) is 2.63. The van der Waals surface area contributed by atoms with Crippen LogP contribution < -0.4 is 5.43 Å². The van der Waals surface area contributed by atoms with Crippen LogP contribution in [0.4, 0.5) is 5.69 Å². The zero-order valence-electron chi connectivity index (χ0n) is 10.7. The van der Waals surface area contributed by atoms with Gasteiger partial charge in [-0.1, -0.05) is 44.0 Å². The zero-order valence-corrected chi connectivity index (χ0v) is 13.9. The molecule has 0 aliphatic carbocycles. The quantitative estimate of drug-likeness (QED) is 0.568. The number of hydrogen-bond donors (Lipinski definition) is 1. The monoisotopic (exact) mass is 380 g/mol. The highest BCUT2D eigenvalue weighted by Crippen LogP contribution is 2.25. The van der Waals surface area contributed by atoms with E-state index in [0.29, 0.717) is 0 Å². The summed E-state index contributed by atoms with van der Waals surface area (Å²) >= 11 is 7.09. The molecule has 0 bridgehead atoms. The van der Waals surface area contributed by atoms with E-state index in [1.165, 1.54) is 11.1 Å². The molecule has 0 aliphatic heterocycles. The van der Waals surface area contributed by atoms with Crippen LogP contribution in [0.15, 0.2) is 50.4 Å². The van der Waals surface area contributed by atoms with Crippen LogP contribution >= 0.6 is 31.9 Å². The minimum atomic E-state index is 0.982. The maximum Gasteiger partial charge on any atom is 0.0567 e. The Morgan fingerprint density at radius 3 is 2.32 bits per heavy atom. The van der Waals surface area contributed by atoms with Crippen molar-refractivity contribution in [1.29, 1.82) is 0 Å². The predicted octanol–water partition coefficient (Wildman–Crippen LogP) is 5.27. The summed E-state index contributed by atoms with van der Waals surface area (Å²) in [7, 11) is 0. The van der Waals surface area contributed by atoms with Crippen molar-refractivity contribution in [3.63, 3.8) is 0 Å². The molecule has 19 heavy (non-hydrogen) atoms. The van der Waals surface area contributed by atoms with Crippen LogP contribution in [-0.4, -0.2) is 6.21 Å². The molecule has 2 aromatic rings. The first kappa shape index (κ1) is 14.3. The normalized spacial score (nSPS) is 10.9. The van der Waals surface area contributed by atoms with Crippen LogP contribution in [0.1, 0.15) is 16.7 Å². The average Bonchev–Trinajstić information content (AvgIpc) is 2.32. The third kappa shape index (κ3) is 3.91. The van der Waals surface area contributed by atoms with Gasteiger partial charge in [0.2, 0.25) is 0 Å². The summed E-state index contributed by atoms with van der Waals surface area (Å²) in [4.78, 5) is 0. The molecule has 0 saturated carbocycles. The van der Waals surface area contributed by atoms with Gasteiger partial charge in [-0.2, -0.15) is 5.10 Å². The number of hydrogen-bond acceptors (Lipinski definition) is 2. The summed E-state index contributed by atoms with van der Waals surface area (Å²) < 4.78 is 2.04. The molecule has 2 rings (SSSR count). The topological polar surface area (TPSA) is 24.4 Å². The molecule has 0 amide bonds. The lowest BCUT2D eigenvalue weighted by Crippen LogP contribution is -1.93. The van der Waals surface area contributed by atoms with Gasteiger partial charge in [0, 0.05) is 14.5 Å². The highest BCUT2D eigenvalue weighted by Gasteiger charge is 2.03. The molecule has 0 saturated heterocycles. The van der Waals surface area contributed by atoms with Gasteiger partial charge in [0.1, 0.15) is 0 Å². The van der Waals surface area contributed by atoms with Gasteiger partial charge >= 0.3 is 0 Å². The Morgan fingerprint density at radius 2 is 1.68 bits per heavy atom. The van der Waals surface area contributed by atoms with E-state index >= 15 is 0 Å². The van der Waals surface area contributed by atoms with Gasteiger partial charge in [0.15, 0.2) is 0 Å². The summed E-state index contributed by atoms with van der Waals surface area (Å²) in [5, 5.41) is 4.27. The molecular weight excluding hydrogens is 368 g/mol. The first-order valence-corrected chi connectivity index (χ1v) is 7.46. The van der Waals surface area contributed by atoms with Crippen molar-refractivity contribution in [2.45, 2.75) is 13.8 Å². The summed E-state index contributed by atoms with van der Waals surface area (Å²) in [6.07, 6.45) is 1.80. The molecule has 98 valence electrons. The lowest BCUT2D eigenvalue weighted by Gasteiger charge is -2.05. The number of halogens is 2. The summed E-state index contributed by atoms with van der Waals surface area (Å²) in [5.74, 6) is 0. The highest BCUT2D eigenvalue weighted by atomic mass is 79.9. The molecule has 2 aromatic carbocycles. The standard InChI is InChI=1S/C15H14Br2N2/c1-10-4-3-5-12(6-10)19-18-9-13-14(16)7-11(2)8-15(13)17/h3-9,19H,1-2H3/b18-9-. The fourth-order valence-electron chi connectivity index (χ4n) is 1.72. The minimum absolute atomic E-state index is 0.982. The van der Waals surface area contributed by atoms with Gasteiger partial charge in [0.05, 0.1) is 11.9 Å². The molecule has 0 aromatic heterocycles. The van der Waals surface area contributed by atoms with Crippen molar-refractivity contribution in [3.8, 4) is 0 Å². The largest absolute Gasteiger partial charge is 0.278 e. The van der Waals surface area contributed by atoms with Gasteiger partial charge in [-0.25, -0.2) is 0 Å². The smallest absolute Gasteiger partial charge is 0.0567 e. The van der Waals surface area contributed by atoms with Crippen molar-refractivity contribution < 1.29 is 0 Å². The number of nitrogens with one attached hydrogen (secondary N) is 1. The number of benzene rings is 2. The second-order valence-electron chi connectivity index (χ2n) is 4.38. The number of nitrogens with zero attached hydrogens (tertiary/aromatic N) is 1. The lowest BCUT2D eigenvalue weighted by atomic mass is 10.2. The molecule has 4 heteroatoms. The maximum absolute atomic E-state index is 4.27. The maximum atomic E-state index is 4.27. The van der Waals surface area contributed by atoms with Gasteiger partial charge < -0.3 is 0 Å². The van der Waals surface area contributed by atoms with E-state index < -0.39 is 0 Å². The van der Waals surface area contributed by atoms with E-state index in [1.54, 1.807) is 6.21 Å². The van der Waals surface area contributed by atoms with Crippen LogP contribution in [0.2, 0.25) is 0 Å². The Kier molecular flexibility index (Phi) is 4.77. The van der Waals surface area contributed by atoms with E-state index in [0.717, 1.165) is 20.2 Å². The SMILES string of the molecule is Cc1cccc(N/N=C\c2c(Br)cc(C)cc2Br)c1. The lowest BCUT2D eigenvalue weighted by molar-refractivity contribution is 1.32. The van der Waals surface area contributed by atoms with Gasteiger partial charge in [-0.05, 0) is 49.2 Å². The van der Waals surface area contributed by atoms with Crippen molar-refractivity contribution in [2.24, 2.45) is 5.10 Å². The summed E-state index contributed by atoms with van der Waals surface area (Å²) in [5.41, 5.74) is 7.44. The fourth-order valence-corrected chi connectivity index (χ4v) is 3.34. The van der Waals surface area contributed by atoms with E-state index in [4.69, 9.17) is 0 Å². The van der Waals surface area contributed by atoms with Crippen LogP contribution in [0.3, 0.4) is 0 Å². The van der Waals surface area contributed by atoms with E-state index in [2.05, 4.69) is 80.5 Å². The van der Waals surface area contributed by atoms with Crippen LogP contribution in [-0.2, 0) is 0 Å². The molecule has 2 nitrogen and oxygen atoms in total. The molecule has 0 unspecified atom stereocenters. The average molecular weight is 382 g/mol. The van der Waals surface area contributed by atoms with E-state index in [-0.39, 0.29) is 0 Å². The minimum Gasteiger partial charge on any atom is -0.278 e.